The Morgan fingerprint density at radius 2 is 1.82 bits per heavy atom. The molecule has 0 nitrogen and oxygen atoms in total. The molecule has 11 heavy (non-hydrogen) atoms. The average Bonchev–Trinajstić information content (AvgIpc) is 2.04. The Hall–Kier alpha value is 1.41. The molecule has 0 heterocycles. The molecule has 0 atom stereocenters. The summed E-state index contributed by atoms with van der Waals surface area (Å²) in [6.07, 6.45) is 0. The first kappa shape index (κ1) is 10.5. The summed E-state index contributed by atoms with van der Waals surface area (Å²) in [6.45, 7) is 0. The van der Waals surface area contributed by atoms with Gasteiger partial charge in [-0.1, -0.05) is 92.0 Å². The zero-order valence-electron chi connectivity index (χ0n) is 5.73. The maximum absolute atomic E-state index is 2.44. The van der Waals surface area contributed by atoms with Gasteiger partial charge in [0, 0.05) is 4.43 Å². The van der Waals surface area contributed by atoms with Gasteiger partial charge in [-0.25, -0.2) is 0 Å². The van der Waals surface area contributed by atoms with Crippen LogP contribution in [0.4, 0.5) is 0 Å². The van der Waals surface area contributed by atoms with Crippen molar-refractivity contribution < 1.29 is 0 Å². The van der Waals surface area contributed by atoms with Gasteiger partial charge in [-0.2, -0.15) is 0 Å². The van der Waals surface area contributed by atoms with Crippen LogP contribution in [0.25, 0.3) is 0 Å². The van der Waals surface area contributed by atoms with Crippen molar-refractivity contribution in [2.24, 2.45) is 0 Å². The van der Waals surface area contributed by atoms with Crippen LogP contribution in [0.1, 0.15) is 13.1 Å². The molecule has 0 unspecified atom stereocenters. The highest BCUT2D eigenvalue weighted by Gasteiger charge is 2.05. The summed E-state index contributed by atoms with van der Waals surface area (Å²) in [7, 11) is 0. The van der Waals surface area contributed by atoms with Crippen molar-refractivity contribution in [3.8, 4) is 0 Å². The molecule has 1 aromatic rings. The molecule has 0 aromatic heterocycles. The first-order valence-corrected chi connectivity index (χ1v) is 7.19. The number of hydrogen-bond acceptors (Lipinski definition) is 0. The second kappa shape index (κ2) is 5.21. The van der Waals surface area contributed by atoms with Crippen LogP contribution in [-0.4, -0.2) is 0 Å². The quantitative estimate of drug-likeness (QED) is 0.429. The van der Waals surface area contributed by atoms with Crippen LogP contribution in [0.3, 0.4) is 0 Å². The fourth-order valence-electron chi connectivity index (χ4n) is 0.869. The maximum atomic E-state index is 2.44. The Balaban J connectivity index is 3.02. The van der Waals surface area contributed by atoms with E-state index in [1.165, 1.54) is 11.1 Å². The van der Waals surface area contributed by atoms with Crippen LogP contribution in [0.2, 0.25) is 0 Å². The molecule has 0 radical (unpaired) electrons. The van der Waals surface area contributed by atoms with Crippen molar-refractivity contribution in [3.63, 3.8) is 0 Å². The molecule has 0 aliphatic carbocycles. The van der Waals surface area contributed by atoms with E-state index in [4.69, 9.17) is 0 Å². The van der Waals surface area contributed by atoms with E-state index in [1.807, 2.05) is 0 Å². The van der Waals surface area contributed by atoms with Gasteiger partial charge in [-0.05, 0) is 11.1 Å². The smallest absolute Gasteiger partial charge is 0.0812 e. The van der Waals surface area contributed by atoms with E-state index in [0.717, 1.165) is 4.43 Å². The van der Waals surface area contributed by atoms with E-state index in [0.29, 0.717) is 1.93 Å². The van der Waals surface area contributed by atoms with Gasteiger partial charge in [0.2, 0.25) is 0 Å². The molecular weight excluding hydrogens is 477 g/mol. The molecule has 0 saturated carbocycles. The fourth-order valence-corrected chi connectivity index (χ4v) is 2.78. The highest BCUT2D eigenvalue weighted by Crippen LogP contribution is 2.33. The Bertz CT molecular complexity index is 233. The topological polar surface area (TPSA) is 0 Å². The van der Waals surface area contributed by atoms with Crippen molar-refractivity contribution >= 4 is 67.8 Å². The lowest BCUT2D eigenvalue weighted by atomic mass is 10.1. The molecule has 0 fully saturated rings. The minimum atomic E-state index is 0.594. The zero-order valence-corrected chi connectivity index (χ0v) is 12.2. The van der Waals surface area contributed by atoms with Crippen molar-refractivity contribution in [1.29, 1.82) is 0 Å². The third-order valence-electron chi connectivity index (χ3n) is 1.43. The molecule has 3 heteroatoms. The lowest BCUT2D eigenvalue weighted by Crippen LogP contribution is -1.87. The monoisotopic (exact) mass is 484 g/mol. The third kappa shape index (κ3) is 2.98. The lowest BCUT2D eigenvalue weighted by Gasteiger charge is -2.06. The van der Waals surface area contributed by atoms with Crippen molar-refractivity contribution in [2.45, 2.75) is 6.36 Å². The van der Waals surface area contributed by atoms with Crippen molar-refractivity contribution in [3.05, 3.63) is 35.4 Å². The second-order valence-corrected chi connectivity index (χ2v) is 7.77. The van der Waals surface area contributed by atoms with E-state index in [9.17, 15) is 0 Å². The van der Waals surface area contributed by atoms with Gasteiger partial charge in [0.1, 0.15) is 0 Å². The highest BCUT2D eigenvalue weighted by atomic mass is 127. The summed E-state index contributed by atoms with van der Waals surface area (Å²) >= 11 is 7.29. The minimum Gasteiger partial charge on any atom is -0.0812 e. The molecule has 0 saturated heterocycles. The predicted octanol–water partition coefficient (Wildman–Crippen LogP) is 4.49. The summed E-state index contributed by atoms with van der Waals surface area (Å²) in [5, 5.41) is 0. The molecule has 60 valence electrons. The number of benzene rings is 1. The van der Waals surface area contributed by atoms with E-state index < -0.39 is 0 Å². The van der Waals surface area contributed by atoms with Crippen LogP contribution in [0.15, 0.2) is 24.3 Å². The standard InChI is InChI=1S/C8H7I3/c9-5-6-3-1-2-4-7(6)8(10)11/h1-4,8H,5H2. The molecule has 0 aliphatic rings. The largest absolute Gasteiger partial charge is 0.0877 e. The van der Waals surface area contributed by atoms with Gasteiger partial charge < -0.3 is 0 Å². The Morgan fingerprint density at radius 3 is 2.27 bits per heavy atom. The van der Waals surface area contributed by atoms with E-state index >= 15 is 0 Å². The summed E-state index contributed by atoms with van der Waals surface area (Å²) in [5.74, 6) is 0. The molecular formula is C8H7I3. The van der Waals surface area contributed by atoms with Crippen LogP contribution >= 0.6 is 67.8 Å². The summed E-state index contributed by atoms with van der Waals surface area (Å²) in [5.41, 5.74) is 2.92. The first-order chi connectivity index (χ1) is 5.25. The molecule has 0 N–H and O–H groups in total. The van der Waals surface area contributed by atoms with Crippen LogP contribution in [0, 0.1) is 0 Å². The molecule has 0 amide bonds. The fraction of sp³-hybridized carbons (Fsp3) is 0.250. The average molecular weight is 484 g/mol. The first-order valence-electron chi connectivity index (χ1n) is 3.17. The van der Waals surface area contributed by atoms with Crippen molar-refractivity contribution in [1.82, 2.24) is 0 Å². The van der Waals surface area contributed by atoms with Gasteiger partial charge in [0.05, 0.1) is 1.93 Å². The molecule has 0 aliphatic heterocycles. The summed E-state index contributed by atoms with van der Waals surface area (Å²) < 4.78 is 1.70. The third-order valence-corrected chi connectivity index (χ3v) is 3.60. The minimum absolute atomic E-state index is 0.594. The molecule has 0 spiro atoms. The molecule has 0 bridgehead atoms. The summed E-state index contributed by atoms with van der Waals surface area (Å²) in [4.78, 5) is 0. The number of alkyl halides is 3. The Morgan fingerprint density at radius 1 is 1.18 bits per heavy atom. The predicted molar refractivity (Wildman–Crippen MR) is 74.9 cm³/mol. The molecule has 1 rings (SSSR count). The Labute approximate surface area is 108 Å². The van der Waals surface area contributed by atoms with Crippen LogP contribution < -0.4 is 0 Å². The second-order valence-electron chi connectivity index (χ2n) is 2.13. The van der Waals surface area contributed by atoms with E-state index in [1.54, 1.807) is 0 Å². The highest BCUT2D eigenvalue weighted by molar-refractivity contribution is 14.2. The lowest BCUT2D eigenvalue weighted by molar-refractivity contribution is 1.33. The van der Waals surface area contributed by atoms with Crippen LogP contribution in [-0.2, 0) is 4.43 Å². The summed E-state index contributed by atoms with van der Waals surface area (Å²) in [6, 6.07) is 8.62. The SMILES string of the molecule is ICc1ccccc1C(I)I. The van der Waals surface area contributed by atoms with Crippen molar-refractivity contribution in [2.75, 3.05) is 0 Å². The maximum Gasteiger partial charge on any atom is 0.0877 e. The van der Waals surface area contributed by atoms with Gasteiger partial charge in [-0.15, -0.1) is 0 Å². The molecule has 1 aromatic carbocycles. The normalized spacial score (nSPS) is 10.5. The van der Waals surface area contributed by atoms with E-state index in [2.05, 4.69) is 92.0 Å². The number of hydrogen-bond donors (Lipinski definition) is 0. The van der Waals surface area contributed by atoms with Gasteiger partial charge in [0.15, 0.2) is 0 Å². The zero-order chi connectivity index (χ0) is 8.27. The van der Waals surface area contributed by atoms with Crippen LogP contribution in [0.5, 0.6) is 0 Å². The Kier molecular flexibility index (Phi) is 4.97. The van der Waals surface area contributed by atoms with E-state index in [-0.39, 0.29) is 0 Å². The number of halogens is 3. The van der Waals surface area contributed by atoms with Gasteiger partial charge >= 0.3 is 0 Å². The van der Waals surface area contributed by atoms with Gasteiger partial charge in [-0.3, -0.25) is 0 Å². The van der Waals surface area contributed by atoms with Gasteiger partial charge in [0.25, 0.3) is 0 Å². The number of rotatable bonds is 2.